The lowest BCUT2D eigenvalue weighted by atomic mass is 10.3. The summed E-state index contributed by atoms with van der Waals surface area (Å²) in [6.45, 7) is 1.14. The normalized spacial score (nSPS) is 12.7. The molecule has 0 saturated heterocycles. The molecular weight excluding hydrogens is 287 g/mol. The van der Waals surface area contributed by atoms with Crippen molar-refractivity contribution in [1.82, 2.24) is 4.98 Å². The standard InChI is InChI=1S/C11H15N2O6P/c1-7(20(16,17)18)10(14)13(2)8-4-5-12-9(6-8)11(15)19-3/h4-7H,1-3H3,(H2,16,17,18). The lowest BCUT2D eigenvalue weighted by Crippen LogP contribution is -2.34. The summed E-state index contributed by atoms with van der Waals surface area (Å²) in [5.74, 6) is -1.43. The largest absolute Gasteiger partial charge is 0.464 e. The zero-order valence-corrected chi connectivity index (χ0v) is 12.1. The summed E-state index contributed by atoms with van der Waals surface area (Å²) in [5.41, 5.74) is -1.19. The predicted molar refractivity (Wildman–Crippen MR) is 70.5 cm³/mol. The summed E-state index contributed by atoms with van der Waals surface area (Å²) in [4.78, 5) is 46.1. The van der Waals surface area contributed by atoms with Gasteiger partial charge in [-0.2, -0.15) is 0 Å². The summed E-state index contributed by atoms with van der Waals surface area (Å²) >= 11 is 0. The Bertz CT molecular complexity index is 570. The summed E-state index contributed by atoms with van der Waals surface area (Å²) in [6.07, 6.45) is 1.30. The molecule has 9 heteroatoms. The van der Waals surface area contributed by atoms with Gasteiger partial charge in [0, 0.05) is 18.9 Å². The maximum absolute atomic E-state index is 11.9. The molecular formula is C11H15N2O6P. The molecule has 0 bridgehead atoms. The number of esters is 1. The molecule has 1 rings (SSSR count). The van der Waals surface area contributed by atoms with Gasteiger partial charge in [0.2, 0.25) is 5.91 Å². The van der Waals surface area contributed by atoms with Gasteiger partial charge in [-0.25, -0.2) is 9.78 Å². The molecule has 1 atom stereocenters. The molecule has 0 saturated carbocycles. The Labute approximate surface area is 115 Å². The molecule has 110 valence electrons. The van der Waals surface area contributed by atoms with Crippen LogP contribution in [0.3, 0.4) is 0 Å². The first kappa shape index (κ1) is 16.3. The fourth-order valence-corrected chi connectivity index (χ4v) is 1.86. The fourth-order valence-electron chi connectivity index (χ4n) is 1.40. The Hall–Kier alpha value is -1.76. The molecule has 0 aliphatic heterocycles. The maximum atomic E-state index is 11.9. The molecule has 0 radical (unpaired) electrons. The number of carbonyl (C=O) groups excluding carboxylic acids is 2. The van der Waals surface area contributed by atoms with Crippen LogP contribution >= 0.6 is 7.60 Å². The van der Waals surface area contributed by atoms with Gasteiger partial charge in [-0.3, -0.25) is 9.36 Å². The van der Waals surface area contributed by atoms with Gasteiger partial charge in [0.15, 0.2) is 0 Å². The first-order chi connectivity index (χ1) is 9.18. The minimum Gasteiger partial charge on any atom is -0.464 e. The fraction of sp³-hybridized carbons (Fsp3) is 0.364. The number of hydrogen-bond acceptors (Lipinski definition) is 5. The first-order valence-electron chi connectivity index (χ1n) is 5.55. The molecule has 1 amide bonds. The van der Waals surface area contributed by atoms with Crippen molar-refractivity contribution >= 4 is 25.2 Å². The zero-order chi connectivity index (χ0) is 15.5. The Morgan fingerprint density at radius 3 is 2.55 bits per heavy atom. The topological polar surface area (TPSA) is 117 Å². The van der Waals surface area contributed by atoms with Crippen molar-refractivity contribution < 1.29 is 28.7 Å². The number of rotatable bonds is 4. The van der Waals surface area contributed by atoms with Crippen LogP contribution in [0, 0.1) is 0 Å². The highest BCUT2D eigenvalue weighted by Crippen LogP contribution is 2.41. The van der Waals surface area contributed by atoms with Crippen molar-refractivity contribution in [2.45, 2.75) is 12.6 Å². The number of nitrogens with zero attached hydrogens (tertiary/aromatic N) is 2. The highest BCUT2D eigenvalue weighted by atomic mass is 31.2. The highest BCUT2D eigenvalue weighted by Gasteiger charge is 2.33. The van der Waals surface area contributed by atoms with Crippen molar-refractivity contribution in [2.24, 2.45) is 0 Å². The number of ether oxygens (including phenoxy) is 1. The Balaban J connectivity index is 3.04. The molecule has 1 aromatic rings. The minimum absolute atomic E-state index is 0.00603. The molecule has 2 N–H and O–H groups in total. The van der Waals surface area contributed by atoms with Gasteiger partial charge in [-0.05, 0) is 19.1 Å². The van der Waals surface area contributed by atoms with E-state index in [9.17, 15) is 14.2 Å². The van der Waals surface area contributed by atoms with E-state index in [1.54, 1.807) is 0 Å². The van der Waals surface area contributed by atoms with E-state index in [0.29, 0.717) is 0 Å². The highest BCUT2D eigenvalue weighted by molar-refractivity contribution is 7.53. The van der Waals surface area contributed by atoms with Gasteiger partial charge in [0.25, 0.3) is 0 Å². The zero-order valence-electron chi connectivity index (χ0n) is 11.2. The van der Waals surface area contributed by atoms with Crippen LogP contribution in [0.2, 0.25) is 0 Å². The van der Waals surface area contributed by atoms with Gasteiger partial charge in [0.05, 0.1) is 7.11 Å². The van der Waals surface area contributed by atoms with E-state index in [1.807, 2.05) is 0 Å². The van der Waals surface area contributed by atoms with Crippen LogP contribution in [0.15, 0.2) is 18.3 Å². The molecule has 0 fully saturated rings. The van der Waals surface area contributed by atoms with E-state index in [2.05, 4.69) is 9.72 Å². The number of hydrogen-bond donors (Lipinski definition) is 2. The van der Waals surface area contributed by atoms with Crippen molar-refractivity contribution in [1.29, 1.82) is 0 Å². The average Bonchev–Trinajstić information content (AvgIpc) is 2.43. The van der Waals surface area contributed by atoms with Crippen molar-refractivity contribution in [2.75, 3.05) is 19.1 Å². The summed E-state index contributed by atoms with van der Waals surface area (Å²) in [5, 5.41) is 0. The quantitative estimate of drug-likeness (QED) is 0.610. The lowest BCUT2D eigenvalue weighted by Gasteiger charge is -2.22. The maximum Gasteiger partial charge on any atom is 0.356 e. The third-order valence-corrected chi connectivity index (χ3v) is 3.95. The monoisotopic (exact) mass is 302 g/mol. The van der Waals surface area contributed by atoms with Crippen LogP contribution in [0.25, 0.3) is 0 Å². The van der Waals surface area contributed by atoms with Crippen LogP contribution in [0.4, 0.5) is 5.69 Å². The molecule has 0 spiro atoms. The number of carbonyl (C=O) groups is 2. The van der Waals surface area contributed by atoms with Crippen LogP contribution in [-0.4, -0.2) is 46.5 Å². The molecule has 1 unspecified atom stereocenters. The smallest absolute Gasteiger partial charge is 0.356 e. The van der Waals surface area contributed by atoms with E-state index < -0.39 is 25.1 Å². The third-order valence-electron chi connectivity index (χ3n) is 2.72. The van der Waals surface area contributed by atoms with E-state index in [-0.39, 0.29) is 11.4 Å². The predicted octanol–water partition coefficient (Wildman–Crippen LogP) is 0.397. The molecule has 1 heterocycles. The van der Waals surface area contributed by atoms with Crippen molar-refractivity contribution in [3.05, 3.63) is 24.0 Å². The number of methoxy groups -OCH3 is 1. The Kier molecular flexibility index (Phi) is 4.99. The second-order valence-corrected chi connectivity index (χ2v) is 6.01. The first-order valence-corrected chi connectivity index (χ1v) is 7.23. The van der Waals surface area contributed by atoms with Crippen LogP contribution in [-0.2, 0) is 14.1 Å². The van der Waals surface area contributed by atoms with Gasteiger partial charge >= 0.3 is 13.6 Å². The minimum atomic E-state index is -4.52. The van der Waals surface area contributed by atoms with Crippen LogP contribution < -0.4 is 4.90 Å². The van der Waals surface area contributed by atoms with Gasteiger partial charge < -0.3 is 19.4 Å². The molecule has 1 aromatic heterocycles. The molecule has 0 aliphatic rings. The Morgan fingerprint density at radius 1 is 1.45 bits per heavy atom. The third kappa shape index (κ3) is 3.63. The van der Waals surface area contributed by atoms with Crippen LogP contribution in [0.1, 0.15) is 17.4 Å². The second kappa shape index (κ2) is 6.13. The number of anilines is 1. The second-order valence-electron chi connectivity index (χ2n) is 4.05. The Morgan fingerprint density at radius 2 is 2.05 bits per heavy atom. The number of pyridine rings is 1. The van der Waals surface area contributed by atoms with E-state index >= 15 is 0 Å². The molecule has 0 aliphatic carbocycles. The van der Waals surface area contributed by atoms with E-state index in [1.165, 1.54) is 32.5 Å². The van der Waals surface area contributed by atoms with Gasteiger partial charge in [0.1, 0.15) is 11.4 Å². The lowest BCUT2D eigenvalue weighted by molar-refractivity contribution is -0.118. The number of aromatic nitrogens is 1. The molecule has 8 nitrogen and oxygen atoms in total. The summed E-state index contributed by atoms with van der Waals surface area (Å²) in [7, 11) is -1.97. The van der Waals surface area contributed by atoms with Crippen LogP contribution in [0.5, 0.6) is 0 Å². The van der Waals surface area contributed by atoms with Crippen molar-refractivity contribution in [3.8, 4) is 0 Å². The van der Waals surface area contributed by atoms with Crippen molar-refractivity contribution in [3.63, 3.8) is 0 Å². The SMILES string of the molecule is COC(=O)c1cc(N(C)C(=O)C(C)P(=O)(O)O)ccn1. The summed E-state index contributed by atoms with van der Waals surface area (Å²) in [6, 6.07) is 2.74. The van der Waals surface area contributed by atoms with Gasteiger partial charge in [-0.1, -0.05) is 0 Å². The van der Waals surface area contributed by atoms with E-state index in [0.717, 1.165) is 11.8 Å². The molecule has 0 aromatic carbocycles. The van der Waals surface area contributed by atoms with E-state index in [4.69, 9.17) is 9.79 Å². The number of amides is 1. The summed E-state index contributed by atoms with van der Waals surface area (Å²) < 4.78 is 15.6. The van der Waals surface area contributed by atoms with Gasteiger partial charge in [-0.15, -0.1) is 0 Å². The average molecular weight is 302 g/mol. The molecule has 20 heavy (non-hydrogen) atoms.